The Hall–Kier alpha value is -0.860. The van der Waals surface area contributed by atoms with Crippen LogP contribution in [0, 0.1) is 5.92 Å². The molecule has 1 saturated heterocycles. The molecule has 0 spiro atoms. The van der Waals surface area contributed by atoms with Gasteiger partial charge in [0.2, 0.25) is 0 Å². The molecule has 0 aromatic heterocycles. The van der Waals surface area contributed by atoms with Crippen molar-refractivity contribution in [2.75, 3.05) is 19.6 Å². The highest BCUT2D eigenvalue weighted by molar-refractivity contribution is 5.17. The van der Waals surface area contributed by atoms with Crippen molar-refractivity contribution in [2.24, 2.45) is 5.92 Å². The number of likely N-dealkylation sites (tertiary alicyclic amines) is 1. The van der Waals surface area contributed by atoms with E-state index in [0.717, 1.165) is 24.4 Å². The van der Waals surface area contributed by atoms with Crippen LogP contribution in [-0.4, -0.2) is 29.6 Å². The van der Waals surface area contributed by atoms with Crippen LogP contribution in [0.3, 0.4) is 0 Å². The number of aliphatic hydroxyl groups excluding tert-OH is 1. The molecule has 1 aliphatic rings. The number of rotatable bonds is 6. The van der Waals surface area contributed by atoms with Gasteiger partial charge in [-0.15, -0.1) is 0 Å². The van der Waals surface area contributed by atoms with E-state index in [-0.39, 0.29) is 6.10 Å². The molecule has 0 bridgehead atoms. The van der Waals surface area contributed by atoms with E-state index in [1.54, 1.807) is 0 Å². The Bertz CT molecular complexity index is 338. The fourth-order valence-electron chi connectivity index (χ4n) is 2.91. The van der Waals surface area contributed by atoms with E-state index < -0.39 is 0 Å². The van der Waals surface area contributed by atoms with Gasteiger partial charge >= 0.3 is 0 Å². The first-order valence-corrected chi connectivity index (χ1v) is 7.25. The van der Waals surface area contributed by atoms with Crippen LogP contribution in [-0.2, 0) is 0 Å². The standard InChI is InChI=1S/C16H25NO/c1-2-6-14-9-11-17(13-14)12-10-16(18)15-7-4-3-5-8-15/h3-5,7-8,14,16,18H,2,6,9-13H2,1H3. The van der Waals surface area contributed by atoms with Crippen LogP contribution < -0.4 is 0 Å². The molecule has 2 heteroatoms. The van der Waals surface area contributed by atoms with Crippen molar-refractivity contribution in [3.8, 4) is 0 Å². The van der Waals surface area contributed by atoms with E-state index in [9.17, 15) is 5.11 Å². The minimum Gasteiger partial charge on any atom is -0.388 e. The lowest BCUT2D eigenvalue weighted by Gasteiger charge is -2.18. The minimum absolute atomic E-state index is 0.309. The summed E-state index contributed by atoms with van der Waals surface area (Å²) in [5.74, 6) is 0.892. The van der Waals surface area contributed by atoms with Crippen LogP contribution in [0.25, 0.3) is 0 Å². The summed E-state index contributed by atoms with van der Waals surface area (Å²) in [6.45, 7) is 5.74. The Balaban J connectivity index is 1.72. The highest BCUT2D eigenvalue weighted by atomic mass is 16.3. The Kier molecular flexibility index (Phi) is 5.21. The van der Waals surface area contributed by atoms with Crippen LogP contribution in [0.2, 0.25) is 0 Å². The van der Waals surface area contributed by atoms with E-state index in [2.05, 4.69) is 11.8 Å². The molecule has 0 saturated carbocycles. The molecule has 2 unspecified atom stereocenters. The first kappa shape index (κ1) is 13.6. The van der Waals surface area contributed by atoms with Crippen molar-refractivity contribution in [3.63, 3.8) is 0 Å². The maximum atomic E-state index is 10.1. The van der Waals surface area contributed by atoms with Crippen molar-refractivity contribution >= 4 is 0 Å². The molecule has 100 valence electrons. The lowest BCUT2D eigenvalue weighted by Crippen LogP contribution is -2.23. The van der Waals surface area contributed by atoms with Crippen molar-refractivity contribution in [1.29, 1.82) is 0 Å². The topological polar surface area (TPSA) is 23.5 Å². The fraction of sp³-hybridized carbons (Fsp3) is 0.625. The largest absolute Gasteiger partial charge is 0.388 e. The zero-order valence-corrected chi connectivity index (χ0v) is 11.4. The Morgan fingerprint density at radius 1 is 1.33 bits per heavy atom. The van der Waals surface area contributed by atoms with E-state index in [0.29, 0.717) is 0 Å². The Morgan fingerprint density at radius 3 is 2.83 bits per heavy atom. The van der Waals surface area contributed by atoms with Gasteiger partial charge < -0.3 is 10.0 Å². The van der Waals surface area contributed by atoms with E-state index >= 15 is 0 Å². The zero-order chi connectivity index (χ0) is 12.8. The van der Waals surface area contributed by atoms with Gasteiger partial charge in [-0.25, -0.2) is 0 Å². The molecule has 0 radical (unpaired) electrons. The van der Waals surface area contributed by atoms with Gasteiger partial charge in [0.1, 0.15) is 0 Å². The predicted molar refractivity (Wildman–Crippen MR) is 75.5 cm³/mol. The SMILES string of the molecule is CCCC1CCN(CCC(O)c2ccccc2)C1. The summed E-state index contributed by atoms with van der Waals surface area (Å²) in [4.78, 5) is 2.51. The molecule has 1 N–H and O–H groups in total. The third kappa shape index (κ3) is 3.82. The monoisotopic (exact) mass is 247 g/mol. The van der Waals surface area contributed by atoms with Gasteiger partial charge in [-0.1, -0.05) is 43.7 Å². The van der Waals surface area contributed by atoms with Crippen LogP contribution in [0.4, 0.5) is 0 Å². The average Bonchev–Trinajstić information content (AvgIpc) is 2.85. The van der Waals surface area contributed by atoms with Gasteiger partial charge in [0.15, 0.2) is 0 Å². The Morgan fingerprint density at radius 2 is 2.11 bits per heavy atom. The lowest BCUT2D eigenvalue weighted by molar-refractivity contribution is 0.147. The fourth-order valence-corrected chi connectivity index (χ4v) is 2.91. The molecule has 1 aromatic carbocycles. The molecule has 1 aromatic rings. The second-order valence-corrected chi connectivity index (χ2v) is 5.46. The maximum absolute atomic E-state index is 10.1. The van der Waals surface area contributed by atoms with Crippen LogP contribution in [0.5, 0.6) is 0 Å². The molecular formula is C16H25NO. The zero-order valence-electron chi connectivity index (χ0n) is 11.4. The summed E-state index contributed by atoms with van der Waals surface area (Å²) in [7, 11) is 0. The molecular weight excluding hydrogens is 222 g/mol. The molecule has 1 fully saturated rings. The van der Waals surface area contributed by atoms with Crippen LogP contribution >= 0.6 is 0 Å². The van der Waals surface area contributed by atoms with Crippen molar-refractivity contribution in [2.45, 2.75) is 38.7 Å². The minimum atomic E-state index is -0.309. The van der Waals surface area contributed by atoms with Crippen molar-refractivity contribution in [1.82, 2.24) is 4.90 Å². The average molecular weight is 247 g/mol. The third-order valence-corrected chi connectivity index (χ3v) is 3.97. The normalized spacial score (nSPS) is 22.2. The first-order chi connectivity index (χ1) is 8.79. The first-order valence-electron chi connectivity index (χ1n) is 7.25. The second-order valence-electron chi connectivity index (χ2n) is 5.46. The number of hydrogen-bond acceptors (Lipinski definition) is 2. The number of nitrogens with zero attached hydrogens (tertiary/aromatic N) is 1. The predicted octanol–water partition coefficient (Wildman–Crippen LogP) is 3.23. The summed E-state index contributed by atoms with van der Waals surface area (Å²) < 4.78 is 0. The molecule has 1 aliphatic heterocycles. The maximum Gasteiger partial charge on any atom is 0.0802 e. The van der Waals surface area contributed by atoms with E-state index in [4.69, 9.17) is 0 Å². The molecule has 2 nitrogen and oxygen atoms in total. The van der Waals surface area contributed by atoms with Crippen LogP contribution in [0.15, 0.2) is 30.3 Å². The van der Waals surface area contributed by atoms with E-state index in [1.807, 2.05) is 30.3 Å². The second kappa shape index (κ2) is 6.91. The molecule has 0 aliphatic carbocycles. The summed E-state index contributed by atoms with van der Waals surface area (Å²) >= 11 is 0. The van der Waals surface area contributed by atoms with Crippen molar-refractivity contribution in [3.05, 3.63) is 35.9 Å². The van der Waals surface area contributed by atoms with Crippen LogP contribution in [0.1, 0.15) is 44.3 Å². The van der Waals surface area contributed by atoms with Crippen molar-refractivity contribution < 1.29 is 5.11 Å². The highest BCUT2D eigenvalue weighted by Gasteiger charge is 2.21. The molecule has 0 amide bonds. The Labute approximate surface area is 111 Å². The molecule has 1 heterocycles. The lowest BCUT2D eigenvalue weighted by atomic mass is 10.0. The van der Waals surface area contributed by atoms with Gasteiger partial charge in [0.05, 0.1) is 6.10 Å². The van der Waals surface area contributed by atoms with Gasteiger partial charge in [-0.3, -0.25) is 0 Å². The summed E-state index contributed by atoms with van der Waals surface area (Å²) in [5, 5.41) is 10.1. The summed E-state index contributed by atoms with van der Waals surface area (Å²) in [5.41, 5.74) is 1.04. The summed E-state index contributed by atoms with van der Waals surface area (Å²) in [6.07, 6.45) is 4.54. The van der Waals surface area contributed by atoms with Gasteiger partial charge in [-0.2, -0.15) is 0 Å². The third-order valence-electron chi connectivity index (χ3n) is 3.97. The quantitative estimate of drug-likeness (QED) is 0.834. The van der Waals surface area contributed by atoms with Gasteiger partial charge in [-0.05, 0) is 37.3 Å². The smallest absolute Gasteiger partial charge is 0.0802 e. The van der Waals surface area contributed by atoms with Gasteiger partial charge in [0, 0.05) is 13.1 Å². The highest BCUT2D eigenvalue weighted by Crippen LogP contribution is 2.23. The molecule has 18 heavy (non-hydrogen) atoms. The van der Waals surface area contributed by atoms with Gasteiger partial charge in [0.25, 0.3) is 0 Å². The number of benzene rings is 1. The number of aliphatic hydroxyl groups is 1. The summed E-state index contributed by atoms with van der Waals surface area (Å²) in [6, 6.07) is 9.99. The molecule has 2 atom stereocenters. The molecule has 2 rings (SSSR count). The number of hydrogen-bond donors (Lipinski definition) is 1. The van der Waals surface area contributed by atoms with E-state index in [1.165, 1.54) is 32.4 Å².